The zero-order chi connectivity index (χ0) is 3.58. The summed E-state index contributed by atoms with van der Waals surface area (Å²) in [6, 6.07) is 0. The maximum Gasteiger partial charge on any atom is 2.00 e. The third-order valence-corrected chi connectivity index (χ3v) is 0. The van der Waals surface area contributed by atoms with Crippen molar-refractivity contribution in [3.8, 4) is 0 Å². The van der Waals surface area contributed by atoms with Crippen molar-refractivity contribution in [1.29, 1.82) is 0 Å². The summed E-state index contributed by atoms with van der Waals surface area (Å²) >= 11 is 0. The first kappa shape index (κ1) is 15.8. The third kappa shape index (κ3) is 81.7. The average molecular weight is 186 g/mol. The Balaban J connectivity index is -0.0000000450. The molecular formula is BCu2O3+. The Morgan fingerprint density at radius 3 is 0.833 bits per heavy atom. The van der Waals surface area contributed by atoms with Crippen LogP contribution in [0.2, 0.25) is 0 Å². The second-order valence-electron chi connectivity index (χ2n) is 0.289. The van der Waals surface area contributed by atoms with E-state index in [1.807, 2.05) is 0 Å². The van der Waals surface area contributed by atoms with Gasteiger partial charge in [0.1, 0.15) is 0 Å². The van der Waals surface area contributed by atoms with Crippen molar-refractivity contribution in [2.75, 3.05) is 0 Å². The minimum Gasteiger partial charge on any atom is -0.907 e. The van der Waals surface area contributed by atoms with Gasteiger partial charge in [0.15, 0.2) is 0 Å². The third-order valence-electron chi connectivity index (χ3n) is 0. The number of hydrogen-bond donors (Lipinski definition) is 0. The first-order valence-corrected chi connectivity index (χ1v) is 0.707. The van der Waals surface area contributed by atoms with Crippen LogP contribution in [0.1, 0.15) is 0 Å². The summed E-state index contributed by atoms with van der Waals surface area (Å²) in [5.74, 6) is 0. The second-order valence-corrected chi connectivity index (χ2v) is 0.289. The van der Waals surface area contributed by atoms with Crippen molar-refractivity contribution in [2.45, 2.75) is 0 Å². The Morgan fingerprint density at radius 1 is 0.833 bits per heavy atom. The summed E-state index contributed by atoms with van der Waals surface area (Å²) < 4.78 is 0. The van der Waals surface area contributed by atoms with E-state index in [1.54, 1.807) is 0 Å². The Hall–Kier alpha value is 0.984. The molecule has 0 fully saturated rings. The van der Waals surface area contributed by atoms with Crippen LogP contribution in [0.25, 0.3) is 0 Å². The number of hydrogen-bond acceptors (Lipinski definition) is 3. The van der Waals surface area contributed by atoms with Crippen LogP contribution in [0.15, 0.2) is 0 Å². The fourth-order valence-corrected chi connectivity index (χ4v) is 0. The Kier molecular flexibility index (Phi) is 24.6. The Morgan fingerprint density at radius 2 is 0.833 bits per heavy atom. The molecule has 0 saturated heterocycles. The van der Waals surface area contributed by atoms with E-state index >= 15 is 0 Å². The Labute approximate surface area is 56.9 Å². The summed E-state index contributed by atoms with van der Waals surface area (Å²) in [7, 11) is -2.92. The van der Waals surface area contributed by atoms with Gasteiger partial charge < -0.3 is 15.1 Å². The summed E-state index contributed by atoms with van der Waals surface area (Å²) in [6.07, 6.45) is 0. The van der Waals surface area contributed by atoms with Gasteiger partial charge in [0, 0.05) is 0 Å². The predicted octanol–water partition coefficient (Wildman–Crippen LogP) is -3.95. The van der Waals surface area contributed by atoms with Crippen LogP contribution < -0.4 is 15.1 Å². The van der Waals surface area contributed by atoms with Gasteiger partial charge in [-0.15, -0.1) is 0 Å². The molecule has 0 N–H and O–H groups in total. The largest absolute Gasteiger partial charge is 2.00 e. The molecule has 42 valence electrons. The van der Waals surface area contributed by atoms with Gasteiger partial charge in [-0.3, -0.25) is 7.32 Å². The standard InChI is InChI=1S/BO3.2Cu/c2-1(3)4;;/q-3;2*+2. The van der Waals surface area contributed by atoms with Crippen LogP contribution in [0.3, 0.4) is 0 Å². The van der Waals surface area contributed by atoms with Crippen molar-refractivity contribution in [1.82, 2.24) is 0 Å². The summed E-state index contributed by atoms with van der Waals surface area (Å²) in [5.41, 5.74) is 0. The summed E-state index contributed by atoms with van der Waals surface area (Å²) in [5, 5.41) is 25.2. The molecule has 6 heavy (non-hydrogen) atoms. The van der Waals surface area contributed by atoms with Gasteiger partial charge in [-0.1, -0.05) is 0 Å². The van der Waals surface area contributed by atoms with Gasteiger partial charge in [-0.2, -0.15) is 0 Å². The quantitative estimate of drug-likeness (QED) is 0.362. The van der Waals surface area contributed by atoms with Crippen LogP contribution in [-0.2, 0) is 34.1 Å². The second kappa shape index (κ2) is 9.36. The fraction of sp³-hybridized carbons (Fsp3) is 0. The fourth-order valence-electron chi connectivity index (χ4n) is 0. The number of rotatable bonds is 0. The first-order valence-electron chi connectivity index (χ1n) is 0.707. The molecule has 0 heterocycles. The summed E-state index contributed by atoms with van der Waals surface area (Å²) in [4.78, 5) is 0. The van der Waals surface area contributed by atoms with Gasteiger partial charge >= 0.3 is 34.1 Å². The van der Waals surface area contributed by atoms with Crippen molar-refractivity contribution in [2.24, 2.45) is 0 Å². The van der Waals surface area contributed by atoms with Crippen molar-refractivity contribution >= 4 is 7.32 Å². The Bertz CT molecular complexity index is 13.5. The molecule has 0 rings (SSSR count). The molecular weight excluding hydrogens is 186 g/mol. The van der Waals surface area contributed by atoms with Crippen LogP contribution in [0.5, 0.6) is 0 Å². The molecule has 0 spiro atoms. The van der Waals surface area contributed by atoms with Crippen molar-refractivity contribution < 1.29 is 49.2 Å². The normalized spacial score (nSPS) is 4.50. The molecule has 0 aliphatic rings. The van der Waals surface area contributed by atoms with Crippen LogP contribution in [0.4, 0.5) is 0 Å². The molecule has 0 aromatic carbocycles. The molecule has 0 bridgehead atoms. The maximum absolute atomic E-state index is 8.42. The van der Waals surface area contributed by atoms with Crippen molar-refractivity contribution in [3.05, 3.63) is 0 Å². The van der Waals surface area contributed by atoms with E-state index in [1.165, 1.54) is 0 Å². The van der Waals surface area contributed by atoms with Gasteiger partial charge in [-0.05, 0) is 0 Å². The molecule has 3 nitrogen and oxygen atoms in total. The molecule has 0 aromatic heterocycles. The average Bonchev–Trinajstić information content (AvgIpc) is 0.811. The van der Waals surface area contributed by atoms with E-state index in [9.17, 15) is 0 Å². The predicted molar refractivity (Wildman–Crippen MR) is 5.75 cm³/mol. The van der Waals surface area contributed by atoms with E-state index < -0.39 is 7.32 Å². The van der Waals surface area contributed by atoms with E-state index in [2.05, 4.69) is 0 Å². The smallest absolute Gasteiger partial charge is 0.907 e. The maximum atomic E-state index is 8.42. The molecule has 0 aliphatic carbocycles. The van der Waals surface area contributed by atoms with Crippen molar-refractivity contribution in [3.63, 3.8) is 0 Å². The topological polar surface area (TPSA) is 69.2 Å². The zero-order valence-corrected chi connectivity index (χ0v) is 4.29. The van der Waals surface area contributed by atoms with E-state index in [4.69, 9.17) is 15.1 Å². The van der Waals surface area contributed by atoms with Crippen LogP contribution in [0, 0.1) is 0 Å². The summed E-state index contributed by atoms with van der Waals surface area (Å²) in [6.45, 7) is 0. The van der Waals surface area contributed by atoms with Gasteiger partial charge in [0.05, 0.1) is 0 Å². The molecule has 0 aromatic rings. The van der Waals surface area contributed by atoms with Gasteiger partial charge in [0.2, 0.25) is 0 Å². The van der Waals surface area contributed by atoms with E-state index in [0.717, 1.165) is 0 Å². The molecule has 6 heteroatoms. The van der Waals surface area contributed by atoms with E-state index in [-0.39, 0.29) is 34.1 Å². The molecule has 0 atom stereocenters. The first-order chi connectivity index (χ1) is 1.73. The SMILES string of the molecule is [Cu+2].[Cu+2].[O-]B([O-])[O-]. The van der Waals surface area contributed by atoms with Crippen LogP contribution >= 0.6 is 0 Å². The molecule has 0 amide bonds. The van der Waals surface area contributed by atoms with Crippen LogP contribution in [-0.4, -0.2) is 7.32 Å². The minimum atomic E-state index is -2.92. The zero-order valence-electron chi connectivity index (χ0n) is 2.41. The van der Waals surface area contributed by atoms with Gasteiger partial charge in [0.25, 0.3) is 0 Å². The monoisotopic (exact) mass is 185 g/mol. The molecule has 0 unspecified atom stereocenters. The molecule has 0 aliphatic heterocycles. The molecule has 2 radical (unpaired) electrons. The molecule has 0 saturated carbocycles. The van der Waals surface area contributed by atoms with Gasteiger partial charge in [-0.25, -0.2) is 0 Å². The van der Waals surface area contributed by atoms with E-state index in [0.29, 0.717) is 0 Å². The minimum absolute atomic E-state index is 0.